The average molecular weight is 440 g/mol. The third-order valence-electron chi connectivity index (χ3n) is 8.95. The second-order valence-electron chi connectivity index (χ2n) is 10.3. The highest BCUT2D eigenvalue weighted by molar-refractivity contribution is 7.87. The summed E-state index contributed by atoms with van der Waals surface area (Å²) in [6, 6.07) is 0. The van der Waals surface area contributed by atoms with Crippen LogP contribution in [0.15, 0.2) is 0 Å². The highest BCUT2D eigenvalue weighted by Gasteiger charge is 2.76. The Balaban J connectivity index is 1.29. The summed E-state index contributed by atoms with van der Waals surface area (Å²) in [5.41, 5.74) is 0. The van der Waals surface area contributed by atoms with Gasteiger partial charge in [0.2, 0.25) is 0 Å². The molecule has 5 nitrogen and oxygen atoms in total. The van der Waals surface area contributed by atoms with Crippen LogP contribution in [0.4, 0.5) is 17.6 Å². The van der Waals surface area contributed by atoms with Gasteiger partial charge in [0.1, 0.15) is 0 Å². The fraction of sp³-hybridized carbons (Fsp3) is 1.00. The van der Waals surface area contributed by atoms with Crippen molar-refractivity contribution in [1.82, 2.24) is 0 Å². The van der Waals surface area contributed by atoms with Crippen LogP contribution < -0.4 is 0 Å². The first-order valence-corrected chi connectivity index (χ1v) is 12.0. The van der Waals surface area contributed by atoms with Gasteiger partial charge in [-0.1, -0.05) is 0 Å². The van der Waals surface area contributed by atoms with E-state index in [1.807, 2.05) is 0 Å². The molecule has 0 aromatic carbocycles. The summed E-state index contributed by atoms with van der Waals surface area (Å²) in [6.45, 7) is 0. The number of alkyl halides is 4. The van der Waals surface area contributed by atoms with Crippen molar-refractivity contribution in [1.29, 1.82) is 0 Å². The highest BCUT2D eigenvalue weighted by atomic mass is 32.2. The molecule has 5 atom stereocenters. The van der Waals surface area contributed by atoms with Gasteiger partial charge in [-0.05, 0) is 68.6 Å². The summed E-state index contributed by atoms with van der Waals surface area (Å²) >= 11 is 0. The van der Waals surface area contributed by atoms with Gasteiger partial charge >= 0.3 is 21.3 Å². The molecule has 0 aromatic heterocycles. The number of ether oxygens (including phenoxy) is 2. The van der Waals surface area contributed by atoms with Gasteiger partial charge in [-0.15, -0.1) is 0 Å². The van der Waals surface area contributed by atoms with Crippen molar-refractivity contribution in [3.05, 3.63) is 0 Å². The molecule has 6 aliphatic carbocycles. The van der Waals surface area contributed by atoms with Crippen molar-refractivity contribution < 1.29 is 40.0 Å². The molecule has 0 radical (unpaired) electrons. The second-order valence-corrected chi connectivity index (χ2v) is 11.8. The Kier molecular flexibility index (Phi) is 3.64. The maximum Gasteiger partial charge on any atom is 0.431 e. The molecule has 6 bridgehead atoms. The third kappa shape index (κ3) is 2.24. The van der Waals surface area contributed by atoms with E-state index >= 15 is 0 Å². The lowest BCUT2D eigenvalue weighted by Gasteiger charge is -2.58. The van der Waals surface area contributed by atoms with Gasteiger partial charge in [-0.25, -0.2) is 0 Å². The Morgan fingerprint density at radius 2 is 1.38 bits per heavy atom. The number of rotatable bonds is 3. The van der Waals surface area contributed by atoms with Gasteiger partial charge < -0.3 is 9.47 Å². The zero-order valence-electron chi connectivity index (χ0n) is 15.6. The van der Waals surface area contributed by atoms with Gasteiger partial charge in [-0.2, -0.15) is 26.0 Å². The minimum atomic E-state index is -6.23. The van der Waals surface area contributed by atoms with Gasteiger partial charge in [-0.3, -0.25) is 4.55 Å². The highest BCUT2D eigenvalue weighted by Crippen LogP contribution is 2.68. The summed E-state index contributed by atoms with van der Waals surface area (Å²) in [5, 5.41) is -5.52. The lowest BCUT2D eigenvalue weighted by molar-refractivity contribution is -0.304. The van der Waals surface area contributed by atoms with Crippen LogP contribution in [0.25, 0.3) is 0 Å². The molecule has 7 fully saturated rings. The second kappa shape index (κ2) is 5.48. The molecule has 6 saturated carbocycles. The van der Waals surface area contributed by atoms with Crippen LogP contribution in [-0.4, -0.2) is 42.1 Å². The molecule has 164 valence electrons. The zero-order chi connectivity index (χ0) is 20.6. The molecular formula is C19H24F4O5S. The monoisotopic (exact) mass is 440 g/mol. The molecule has 1 saturated heterocycles. The lowest BCUT2D eigenvalue weighted by atomic mass is 9.53. The van der Waals surface area contributed by atoms with E-state index in [4.69, 9.17) is 14.0 Å². The summed E-state index contributed by atoms with van der Waals surface area (Å²) in [7, 11) is -6.23. The van der Waals surface area contributed by atoms with Crippen molar-refractivity contribution in [2.45, 2.75) is 74.1 Å². The Morgan fingerprint density at radius 1 is 0.828 bits per heavy atom. The maximum atomic E-state index is 14.7. The Morgan fingerprint density at radius 3 is 1.93 bits per heavy atom. The van der Waals surface area contributed by atoms with Gasteiger partial charge in [0.05, 0.1) is 12.2 Å². The molecule has 1 N–H and O–H groups in total. The topological polar surface area (TPSA) is 72.8 Å². The molecule has 10 heteroatoms. The molecule has 5 unspecified atom stereocenters. The molecule has 7 rings (SSSR count). The van der Waals surface area contributed by atoms with Crippen molar-refractivity contribution in [2.75, 3.05) is 0 Å². The van der Waals surface area contributed by atoms with Crippen molar-refractivity contribution in [3.8, 4) is 0 Å². The SMILES string of the molecule is O=S(=O)(O)C(F)(F)C(F)(F)C1CC2CC1C1OC3(OC21)C1CC2CC(C1)CC3C2. The first kappa shape index (κ1) is 19.3. The quantitative estimate of drug-likeness (QED) is 0.535. The molecule has 1 heterocycles. The number of hydrogen-bond donors (Lipinski definition) is 1. The Bertz CT molecular complexity index is 818. The van der Waals surface area contributed by atoms with Crippen LogP contribution in [0.2, 0.25) is 0 Å². The molecule has 1 spiro atoms. The first-order chi connectivity index (χ1) is 13.4. The summed E-state index contributed by atoms with van der Waals surface area (Å²) in [5.74, 6) is -6.98. The van der Waals surface area contributed by atoms with E-state index in [0.29, 0.717) is 11.8 Å². The molecule has 29 heavy (non-hydrogen) atoms. The fourth-order valence-electron chi connectivity index (χ4n) is 8.06. The largest absolute Gasteiger partial charge is 0.431 e. The van der Waals surface area contributed by atoms with E-state index in [2.05, 4.69) is 0 Å². The molecule has 0 amide bonds. The van der Waals surface area contributed by atoms with Gasteiger partial charge in [0, 0.05) is 17.8 Å². The van der Waals surface area contributed by atoms with E-state index in [1.54, 1.807) is 0 Å². The average Bonchev–Trinajstić information content (AvgIpc) is 3.28. The lowest BCUT2D eigenvalue weighted by Crippen LogP contribution is -2.59. The smallest absolute Gasteiger partial charge is 0.343 e. The van der Waals surface area contributed by atoms with Crippen LogP contribution in [-0.2, 0) is 19.6 Å². The number of fused-ring (bicyclic) bond motifs is 5. The zero-order valence-corrected chi connectivity index (χ0v) is 16.5. The van der Waals surface area contributed by atoms with Crippen molar-refractivity contribution in [2.24, 2.45) is 41.4 Å². The Hall–Kier alpha value is -0.450. The summed E-state index contributed by atoms with van der Waals surface area (Å²) in [4.78, 5) is 0. The van der Waals surface area contributed by atoms with Crippen molar-refractivity contribution >= 4 is 10.1 Å². The number of halogens is 4. The molecule has 1 aliphatic heterocycles. The predicted molar refractivity (Wildman–Crippen MR) is 90.7 cm³/mol. The normalized spacial score (nSPS) is 53.2. The summed E-state index contributed by atoms with van der Waals surface area (Å²) in [6.07, 6.45) is 4.16. The summed E-state index contributed by atoms with van der Waals surface area (Å²) < 4.78 is 101. The maximum absolute atomic E-state index is 14.7. The van der Waals surface area contributed by atoms with E-state index in [-0.39, 0.29) is 36.7 Å². The van der Waals surface area contributed by atoms with Crippen molar-refractivity contribution in [3.63, 3.8) is 0 Å². The minimum Gasteiger partial charge on any atom is -0.343 e. The van der Waals surface area contributed by atoms with Crippen LogP contribution >= 0.6 is 0 Å². The van der Waals surface area contributed by atoms with Crippen LogP contribution in [0, 0.1) is 41.4 Å². The first-order valence-electron chi connectivity index (χ1n) is 10.5. The molecule has 7 aliphatic rings. The fourth-order valence-corrected chi connectivity index (χ4v) is 8.55. The van der Waals surface area contributed by atoms with Gasteiger partial charge in [0.25, 0.3) is 0 Å². The molecular weight excluding hydrogens is 416 g/mol. The number of hydrogen-bond acceptors (Lipinski definition) is 4. The third-order valence-corrected chi connectivity index (χ3v) is 9.87. The van der Waals surface area contributed by atoms with E-state index < -0.39 is 45.0 Å². The van der Waals surface area contributed by atoms with Crippen LogP contribution in [0.3, 0.4) is 0 Å². The van der Waals surface area contributed by atoms with E-state index in [0.717, 1.165) is 25.7 Å². The Labute approximate surface area is 166 Å². The van der Waals surface area contributed by atoms with Crippen LogP contribution in [0.1, 0.15) is 44.9 Å². The van der Waals surface area contributed by atoms with E-state index in [9.17, 15) is 26.0 Å². The standard InChI is InChI=1S/C19H24F4O5S/c20-18(21,19(22,23)29(24,25)26)14-7-10-6-13(14)16-15(10)27-17(28-16)11-2-8-1-9(4-11)5-12(17)3-8/h8-16H,1-7H2,(H,24,25,26). The molecule has 0 aromatic rings. The van der Waals surface area contributed by atoms with Crippen LogP contribution in [0.5, 0.6) is 0 Å². The minimum absolute atomic E-state index is 0.224. The van der Waals surface area contributed by atoms with Gasteiger partial charge in [0.15, 0.2) is 5.79 Å². The predicted octanol–water partition coefficient (Wildman–Crippen LogP) is 3.69. The van der Waals surface area contributed by atoms with E-state index in [1.165, 1.54) is 6.42 Å².